The zero-order valence-corrected chi connectivity index (χ0v) is 10.0. The maximum atomic E-state index is 11.6. The first-order valence-corrected chi connectivity index (χ1v) is 5.20. The number of amides is 1. The highest BCUT2D eigenvalue weighted by Gasteiger charge is 2.06. The van der Waals surface area contributed by atoms with Crippen LogP contribution < -0.4 is 5.48 Å². The molecule has 1 rings (SSSR count). The van der Waals surface area contributed by atoms with Crippen molar-refractivity contribution in [2.75, 3.05) is 20.3 Å². The van der Waals surface area contributed by atoms with E-state index < -0.39 is 0 Å². The monoisotopic (exact) mass is 243 g/mol. The molecule has 0 aliphatic carbocycles. The Hall–Kier alpha value is -1.10. The van der Waals surface area contributed by atoms with E-state index in [2.05, 4.69) is 5.48 Å². The molecule has 1 N–H and O–H groups in total. The third kappa shape index (κ3) is 3.81. The van der Waals surface area contributed by atoms with E-state index in [0.717, 1.165) is 5.56 Å². The second kappa shape index (κ2) is 6.48. The summed E-state index contributed by atoms with van der Waals surface area (Å²) < 4.78 is 4.77. The number of nitrogens with one attached hydrogen (secondary N) is 1. The van der Waals surface area contributed by atoms with Crippen molar-refractivity contribution in [3.63, 3.8) is 0 Å². The van der Waals surface area contributed by atoms with Crippen LogP contribution in [0.2, 0.25) is 5.02 Å². The van der Waals surface area contributed by atoms with Crippen LogP contribution >= 0.6 is 11.6 Å². The van der Waals surface area contributed by atoms with Crippen molar-refractivity contribution >= 4 is 17.5 Å². The lowest BCUT2D eigenvalue weighted by atomic mass is 10.1. The lowest BCUT2D eigenvalue weighted by molar-refractivity contribution is 0.00888. The average Bonchev–Trinajstić information content (AvgIpc) is 2.28. The molecule has 0 spiro atoms. The van der Waals surface area contributed by atoms with E-state index in [4.69, 9.17) is 21.2 Å². The maximum absolute atomic E-state index is 11.6. The highest BCUT2D eigenvalue weighted by molar-refractivity contribution is 6.31. The van der Waals surface area contributed by atoms with Crippen molar-refractivity contribution in [1.29, 1.82) is 0 Å². The van der Waals surface area contributed by atoms with E-state index in [1.807, 2.05) is 6.92 Å². The minimum absolute atomic E-state index is 0.295. The molecule has 16 heavy (non-hydrogen) atoms. The molecule has 88 valence electrons. The first-order chi connectivity index (χ1) is 7.65. The zero-order valence-electron chi connectivity index (χ0n) is 9.25. The number of carbonyl (C=O) groups is 1. The molecule has 0 aromatic heterocycles. The molecule has 0 unspecified atom stereocenters. The second-order valence-electron chi connectivity index (χ2n) is 3.24. The van der Waals surface area contributed by atoms with Crippen molar-refractivity contribution in [3.8, 4) is 0 Å². The quantitative estimate of drug-likeness (QED) is 0.635. The second-order valence-corrected chi connectivity index (χ2v) is 3.64. The Kier molecular flexibility index (Phi) is 5.25. The summed E-state index contributed by atoms with van der Waals surface area (Å²) in [6.07, 6.45) is 0. The standard InChI is InChI=1S/C11H14ClNO3/c1-8-7-9(3-4-10(8)12)11(14)13-16-6-5-15-2/h3-4,7H,5-6H2,1-2H3,(H,13,14). The van der Waals surface area contributed by atoms with Gasteiger partial charge < -0.3 is 4.74 Å². The van der Waals surface area contributed by atoms with Gasteiger partial charge >= 0.3 is 0 Å². The van der Waals surface area contributed by atoms with Gasteiger partial charge in [-0.25, -0.2) is 5.48 Å². The predicted molar refractivity (Wildman–Crippen MR) is 61.5 cm³/mol. The first-order valence-electron chi connectivity index (χ1n) is 4.82. The summed E-state index contributed by atoms with van der Waals surface area (Å²) in [5.74, 6) is -0.295. The van der Waals surface area contributed by atoms with Gasteiger partial charge in [0.05, 0.1) is 13.2 Å². The van der Waals surface area contributed by atoms with Crippen molar-refractivity contribution in [2.45, 2.75) is 6.92 Å². The van der Waals surface area contributed by atoms with Crippen LogP contribution in [0.4, 0.5) is 0 Å². The minimum Gasteiger partial charge on any atom is -0.382 e. The molecule has 0 atom stereocenters. The van der Waals surface area contributed by atoms with Gasteiger partial charge in [0, 0.05) is 17.7 Å². The van der Waals surface area contributed by atoms with Crippen molar-refractivity contribution < 1.29 is 14.4 Å². The summed E-state index contributed by atoms with van der Waals surface area (Å²) in [6, 6.07) is 5.03. The maximum Gasteiger partial charge on any atom is 0.274 e. The molecule has 0 radical (unpaired) electrons. The number of benzene rings is 1. The smallest absolute Gasteiger partial charge is 0.274 e. The van der Waals surface area contributed by atoms with Crippen LogP contribution in [0.1, 0.15) is 15.9 Å². The van der Waals surface area contributed by atoms with Crippen LogP contribution in [-0.4, -0.2) is 26.2 Å². The number of rotatable bonds is 5. The summed E-state index contributed by atoms with van der Waals surface area (Å²) in [7, 11) is 1.56. The molecule has 1 aromatic carbocycles. The SMILES string of the molecule is COCCONC(=O)c1ccc(Cl)c(C)c1. The van der Waals surface area contributed by atoms with Crippen molar-refractivity contribution in [3.05, 3.63) is 34.3 Å². The van der Waals surface area contributed by atoms with Gasteiger partial charge in [-0.2, -0.15) is 0 Å². The molecule has 4 nitrogen and oxygen atoms in total. The highest BCUT2D eigenvalue weighted by Crippen LogP contribution is 2.16. The summed E-state index contributed by atoms with van der Waals surface area (Å²) in [5.41, 5.74) is 3.68. The fourth-order valence-electron chi connectivity index (χ4n) is 1.09. The summed E-state index contributed by atoms with van der Waals surface area (Å²) >= 11 is 5.85. The third-order valence-corrected chi connectivity index (χ3v) is 2.40. The number of carbonyl (C=O) groups excluding carboxylic acids is 1. The van der Waals surface area contributed by atoms with Gasteiger partial charge in [0.15, 0.2) is 0 Å². The van der Waals surface area contributed by atoms with Gasteiger partial charge in [-0.05, 0) is 30.7 Å². The lowest BCUT2D eigenvalue weighted by Crippen LogP contribution is -2.25. The Morgan fingerprint density at radius 3 is 2.81 bits per heavy atom. The fraction of sp³-hybridized carbons (Fsp3) is 0.364. The van der Waals surface area contributed by atoms with Gasteiger partial charge in [-0.1, -0.05) is 11.6 Å². The van der Waals surface area contributed by atoms with Crippen LogP contribution in [-0.2, 0) is 9.57 Å². The number of hydrogen-bond acceptors (Lipinski definition) is 3. The van der Waals surface area contributed by atoms with Crippen molar-refractivity contribution in [1.82, 2.24) is 5.48 Å². The topological polar surface area (TPSA) is 47.6 Å². The van der Waals surface area contributed by atoms with E-state index in [-0.39, 0.29) is 5.91 Å². The van der Waals surface area contributed by atoms with Crippen LogP contribution in [0.5, 0.6) is 0 Å². The molecule has 1 amide bonds. The average molecular weight is 244 g/mol. The largest absolute Gasteiger partial charge is 0.382 e. The first kappa shape index (κ1) is 13.0. The number of aryl methyl sites for hydroxylation is 1. The van der Waals surface area contributed by atoms with Gasteiger partial charge in [0.25, 0.3) is 5.91 Å². The Morgan fingerprint density at radius 1 is 1.44 bits per heavy atom. The normalized spacial score (nSPS) is 10.2. The Morgan fingerprint density at radius 2 is 2.19 bits per heavy atom. The molecule has 5 heteroatoms. The number of hydroxylamine groups is 1. The molecular formula is C11H14ClNO3. The molecule has 0 bridgehead atoms. The summed E-state index contributed by atoms with van der Waals surface area (Å²) in [5, 5.41) is 0.636. The van der Waals surface area contributed by atoms with Crippen LogP contribution in [0.3, 0.4) is 0 Å². The molecule has 0 aliphatic rings. The lowest BCUT2D eigenvalue weighted by Gasteiger charge is -2.06. The van der Waals surface area contributed by atoms with E-state index in [1.54, 1.807) is 25.3 Å². The summed E-state index contributed by atoms with van der Waals surface area (Å²) in [6.45, 7) is 2.58. The van der Waals surface area contributed by atoms with Gasteiger partial charge in [-0.15, -0.1) is 0 Å². The zero-order chi connectivity index (χ0) is 12.0. The Balaban J connectivity index is 2.50. The Bertz CT molecular complexity index is 368. The predicted octanol–water partition coefficient (Wildman–Crippen LogP) is 1.96. The third-order valence-electron chi connectivity index (χ3n) is 1.97. The van der Waals surface area contributed by atoms with Crippen molar-refractivity contribution in [2.24, 2.45) is 0 Å². The van der Waals surface area contributed by atoms with E-state index >= 15 is 0 Å². The molecule has 0 saturated heterocycles. The van der Waals surface area contributed by atoms with Crippen LogP contribution in [0, 0.1) is 6.92 Å². The molecule has 0 fully saturated rings. The molecular weight excluding hydrogens is 230 g/mol. The molecule has 0 aliphatic heterocycles. The van der Waals surface area contributed by atoms with Gasteiger partial charge in [0.1, 0.15) is 0 Å². The molecule has 0 saturated carbocycles. The highest BCUT2D eigenvalue weighted by atomic mass is 35.5. The van der Waals surface area contributed by atoms with E-state index in [9.17, 15) is 4.79 Å². The fourth-order valence-corrected chi connectivity index (χ4v) is 1.20. The van der Waals surface area contributed by atoms with E-state index in [1.165, 1.54) is 0 Å². The molecule has 1 aromatic rings. The number of methoxy groups -OCH3 is 1. The number of hydrogen-bond donors (Lipinski definition) is 1. The van der Waals surface area contributed by atoms with Gasteiger partial charge in [0.2, 0.25) is 0 Å². The van der Waals surface area contributed by atoms with Gasteiger partial charge in [-0.3, -0.25) is 9.63 Å². The van der Waals surface area contributed by atoms with E-state index in [0.29, 0.717) is 23.8 Å². The number of halogens is 1. The number of ether oxygens (including phenoxy) is 1. The molecule has 0 heterocycles. The van der Waals surface area contributed by atoms with Crippen LogP contribution in [0.15, 0.2) is 18.2 Å². The van der Waals surface area contributed by atoms with Crippen LogP contribution in [0.25, 0.3) is 0 Å². The summed E-state index contributed by atoms with van der Waals surface area (Å²) in [4.78, 5) is 16.5. The Labute approximate surface area is 99.5 Å². The minimum atomic E-state index is -0.295.